The van der Waals surface area contributed by atoms with Crippen LogP contribution in [0.1, 0.15) is 24.8 Å². The van der Waals surface area contributed by atoms with E-state index in [-0.39, 0.29) is 17.8 Å². The lowest BCUT2D eigenvalue weighted by Gasteiger charge is -2.40. The minimum atomic E-state index is -0.248. The minimum Gasteiger partial charge on any atom is -0.395 e. The Labute approximate surface area is 91.1 Å². The van der Waals surface area contributed by atoms with Crippen molar-refractivity contribution in [2.45, 2.75) is 24.7 Å². The summed E-state index contributed by atoms with van der Waals surface area (Å²) in [5.41, 5.74) is 0.758. The van der Waals surface area contributed by atoms with E-state index < -0.39 is 0 Å². The molecule has 0 aliphatic heterocycles. The fourth-order valence-corrected chi connectivity index (χ4v) is 2.21. The molecule has 0 saturated heterocycles. The molecule has 1 aromatic carbocycles. The molecule has 1 aliphatic carbocycles. The molecule has 14 heavy (non-hydrogen) atoms. The third-order valence-electron chi connectivity index (χ3n) is 3.15. The summed E-state index contributed by atoms with van der Waals surface area (Å²) in [4.78, 5) is 0. The molecule has 1 aromatic rings. The van der Waals surface area contributed by atoms with E-state index in [0.717, 1.165) is 24.8 Å². The van der Waals surface area contributed by atoms with E-state index in [0.29, 0.717) is 4.47 Å². The molecule has 0 spiro atoms. The van der Waals surface area contributed by atoms with Crippen molar-refractivity contribution < 1.29 is 9.50 Å². The SMILES string of the molecule is OCC1(c2ccc(Br)c(F)c2)CCC1. The monoisotopic (exact) mass is 258 g/mol. The average molecular weight is 259 g/mol. The lowest BCUT2D eigenvalue weighted by Crippen LogP contribution is -2.37. The largest absolute Gasteiger partial charge is 0.395 e. The van der Waals surface area contributed by atoms with Crippen molar-refractivity contribution in [3.63, 3.8) is 0 Å². The van der Waals surface area contributed by atoms with Gasteiger partial charge in [0.15, 0.2) is 0 Å². The first-order chi connectivity index (χ1) is 6.68. The molecule has 3 heteroatoms. The zero-order chi connectivity index (χ0) is 10.2. The van der Waals surface area contributed by atoms with Gasteiger partial charge in [0.2, 0.25) is 0 Å². The van der Waals surface area contributed by atoms with Gasteiger partial charge in [0.25, 0.3) is 0 Å². The lowest BCUT2D eigenvalue weighted by molar-refractivity contribution is 0.120. The van der Waals surface area contributed by atoms with E-state index in [1.165, 1.54) is 6.07 Å². The number of benzene rings is 1. The number of aliphatic hydroxyl groups is 1. The molecule has 0 unspecified atom stereocenters. The van der Waals surface area contributed by atoms with Crippen molar-refractivity contribution in [1.82, 2.24) is 0 Å². The van der Waals surface area contributed by atoms with Crippen molar-refractivity contribution in [2.24, 2.45) is 0 Å². The van der Waals surface area contributed by atoms with Gasteiger partial charge in [0.1, 0.15) is 5.82 Å². The highest BCUT2D eigenvalue weighted by atomic mass is 79.9. The molecule has 76 valence electrons. The van der Waals surface area contributed by atoms with Gasteiger partial charge in [-0.05, 0) is 46.5 Å². The average Bonchev–Trinajstić information content (AvgIpc) is 2.10. The smallest absolute Gasteiger partial charge is 0.137 e. The fraction of sp³-hybridized carbons (Fsp3) is 0.455. The first-order valence-electron chi connectivity index (χ1n) is 4.74. The second-order valence-electron chi connectivity index (χ2n) is 3.92. The van der Waals surface area contributed by atoms with Crippen LogP contribution in [0.15, 0.2) is 22.7 Å². The van der Waals surface area contributed by atoms with E-state index in [2.05, 4.69) is 15.9 Å². The third-order valence-corrected chi connectivity index (χ3v) is 3.79. The van der Waals surface area contributed by atoms with Crippen LogP contribution in [-0.2, 0) is 5.41 Å². The predicted molar refractivity (Wildman–Crippen MR) is 56.7 cm³/mol. The van der Waals surface area contributed by atoms with Crippen molar-refractivity contribution in [2.75, 3.05) is 6.61 Å². The first-order valence-corrected chi connectivity index (χ1v) is 5.54. The van der Waals surface area contributed by atoms with Gasteiger partial charge in [-0.15, -0.1) is 0 Å². The molecule has 1 N–H and O–H groups in total. The number of halogens is 2. The Hall–Kier alpha value is -0.410. The lowest BCUT2D eigenvalue weighted by atomic mass is 9.65. The van der Waals surface area contributed by atoms with Crippen molar-refractivity contribution in [3.8, 4) is 0 Å². The van der Waals surface area contributed by atoms with Crippen LogP contribution in [0.2, 0.25) is 0 Å². The molecular weight excluding hydrogens is 247 g/mol. The van der Waals surface area contributed by atoms with Crippen LogP contribution in [0.3, 0.4) is 0 Å². The van der Waals surface area contributed by atoms with E-state index in [9.17, 15) is 9.50 Å². The molecule has 1 fully saturated rings. The zero-order valence-corrected chi connectivity index (χ0v) is 9.35. The summed E-state index contributed by atoms with van der Waals surface area (Å²) in [6.07, 6.45) is 3.05. The zero-order valence-electron chi connectivity index (χ0n) is 7.76. The number of hydrogen-bond acceptors (Lipinski definition) is 1. The number of hydrogen-bond donors (Lipinski definition) is 1. The molecule has 1 saturated carbocycles. The van der Waals surface area contributed by atoms with Crippen LogP contribution in [0.5, 0.6) is 0 Å². The minimum absolute atomic E-state index is 0.119. The Morgan fingerprint density at radius 2 is 2.14 bits per heavy atom. The maximum absolute atomic E-state index is 13.3. The fourth-order valence-electron chi connectivity index (χ4n) is 1.97. The molecular formula is C11H12BrFO. The van der Waals surface area contributed by atoms with E-state index in [1.54, 1.807) is 6.07 Å². The molecule has 0 amide bonds. The Morgan fingerprint density at radius 1 is 1.43 bits per heavy atom. The van der Waals surface area contributed by atoms with Gasteiger partial charge >= 0.3 is 0 Å². The molecule has 0 heterocycles. The molecule has 0 aromatic heterocycles. The van der Waals surface area contributed by atoms with Crippen LogP contribution >= 0.6 is 15.9 Å². The van der Waals surface area contributed by atoms with Crippen molar-refractivity contribution in [3.05, 3.63) is 34.1 Å². The first kappa shape index (κ1) is 10.1. The maximum Gasteiger partial charge on any atom is 0.137 e. The third kappa shape index (κ3) is 1.48. The van der Waals surface area contributed by atoms with E-state index >= 15 is 0 Å². The second kappa shape index (κ2) is 3.63. The van der Waals surface area contributed by atoms with Gasteiger partial charge in [-0.2, -0.15) is 0 Å². The standard InChI is InChI=1S/C11H12BrFO/c12-9-3-2-8(6-10(9)13)11(7-14)4-1-5-11/h2-3,6,14H,1,4-5,7H2. The topological polar surface area (TPSA) is 20.2 Å². The van der Waals surface area contributed by atoms with E-state index in [4.69, 9.17) is 0 Å². The normalized spacial score (nSPS) is 19.1. The molecule has 0 bridgehead atoms. The summed E-state index contributed by atoms with van der Waals surface area (Å²) in [5, 5.41) is 9.32. The Bertz CT molecular complexity index is 342. The molecule has 0 radical (unpaired) electrons. The van der Waals surface area contributed by atoms with Crippen LogP contribution in [-0.4, -0.2) is 11.7 Å². The quantitative estimate of drug-likeness (QED) is 0.865. The molecule has 1 aliphatic rings. The summed E-state index contributed by atoms with van der Waals surface area (Å²) >= 11 is 3.12. The highest BCUT2D eigenvalue weighted by Gasteiger charge is 2.38. The summed E-state index contributed by atoms with van der Waals surface area (Å²) in [6.45, 7) is 0.119. The van der Waals surface area contributed by atoms with Crippen LogP contribution in [0, 0.1) is 5.82 Å². The van der Waals surface area contributed by atoms with Gasteiger partial charge in [-0.25, -0.2) is 4.39 Å². The molecule has 1 nitrogen and oxygen atoms in total. The van der Waals surface area contributed by atoms with Gasteiger partial charge in [-0.3, -0.25) is 0 Å². The van der Waals surface area contributed by atoms with Crippen LogP contribution < -0.4 is 0 Å². The van der Waals surface area contributed by atoms with Gasteiger partial charge in [-0.1, -0.05) is 12.5 Å². The van der Waals surface area contributed by atoms with Gasteiger partial charge < -0.3 is 5.11 Å². The van der Waals surface area contributed by atoms with Crippen molar-refractivity contribution >= 4 is 15.9 Å². The maximum atomic E-state index is 13.3. The Kier molecular flexibility index (Phi) is 2.62. The Balaban J connectivity index is 2.36. The van der Waals surface area contributed by atoms with Crippen LogP contribution in [0.4, 0.5) is 4.39 Å². The second-order valence-corrected chi connectivity index (χ2v) is 4.78. The van der Waals surface area contributed by atoms with Crippen molar-refractivity contribution in [1.29, 1.82) is 0 Å². The summed E-state index contributed by atoms with van der Waals surface area (Å²) < 4.78 is 13.8. The highest BCUT2D eigenvalue weighted by molar-refractivity contribution is 9.10. The molecule has 2 rings (SSSR count). The summed E-state index contributed by atoms with van der Waals surface area (Å²) in [7, 11) is 0. The van der Waals surface area contributed by atoms with E-state index in [1.807, 2.05) is 6.07 Å². The van der Waals surface area contributed by atoms with Gasteiger partial charge in [0, 0.05) is 5.41 Å². The molecule has 0 atom stereocenters. The summed E-state index contributed by atoms with van der Waals surface area (Å²) in [5.74, 6) is -0.248. The number of rotatable bonds is 2. The Morgan fingerprint density at radius 3 is 2.57 bits per heavy atom. The van der Waals surface area contributed by atoms with Gasteiger partial charge in [0.05, 0.1) is 11.1 Å². The predicted octanol–water partition coefficient (Wildman–Crippen LogP) is 3.00. The summed E-state index contributed by atoms with van der Waals surface area (Å²) in [6, 6.07) is 5.13. The van der Waals surface area contributed by atoms with Crippen LogP contribution in [0.25, 0.3) is 0 Å². The highest BCUT2D eigenvalue weighted by Crippen LogP contribution is 2.43. The number of aliphatic hydroxyl groups excluding tert-OH is 1.